The molecule has 0 aliphatic heterocycles. The van der Waals surface area contributed by atoms with Crippen LogP contribution >= 0.6 is 11.8 Å². The second-order valence-corrected chi connectivity index (χ2v) is 7.13. The van der Waals surface area contributed by atoms with Gasteiger partial charge in [-0.2, -0.15) is 11.8 Å². The third-order valence-corrected chi connectivity index (χ3v) is 5.12. The van der Waals surface area contributed by atoms with Crippen LogP contribution in [0.3, 0.4) is 0 Å². The summed E-state index contributed by atoms with van der Waals surface area (Å²) in [6, 6.07) is 0. The standard InChI is InChI=1S/C16H29N3S/c1-3-11-19-15(17)14(10-12-20-4-2)18-16(19)13-8-6-5-7-9-13/h13H,3-12,17H2,1-2H3. The third kappa shape index (κ3) is 3.72. The molecular formula is C16H29N3S. The number of nitrogens with zero attached hydrogens (tertiary/aromatic N) is 2. The summed E-state index contributed by atoms with van der Waals surface area (Å²) in [6.45, 7) is 5.44. The van der Waals surface area contributed by atoms with Crippen molar-refractivity contribution in [2.45, 2.75) is 71.3 Å². The average molecular weight is 295 g/mol. The zero-order chi connectivity index (χ0) is 14.4. The molecular weight excluding hydrogens is 266 g/mol. The highest BCUT2D eigenvalue weighted by Crippen LogP contribution is 2.34. The van der Waals surface area contributed by atoms with Crippen molar-refractivity contribution in [1.82, 2.24) is 9.55 Å². The van der Waals surface area contributed by atoms with Gasteiger partial charge in [-0.05, 0) is 30.8 Å². The lowest BCUT2D eigenvalue weighted by atomic mass is 9.88. The van der Waals surface area contributed by atoms with Crippen LogP contribution in [0.25, 0.3) is 0 Å². The summed E-state index contributed by atoms with van der Waals surface area (Å²) in [4.78, 5) is 4.95. The molecule has 1 aliphatic rings. The van der Waals surface area contributed by atoms with E-state index in [4.69, 9.17) is 10.7 Å². The van der Waals surface area contributed by atoms with Gasteiger partial charge in [-0.25, -0.2) is 4.98 Å². The second kappa shape index (κ2) is 7.96. The molecule has 1 saturated carbocycles. The van der Waals surface area contributed by atoms with E-state index < -0.39 is 0 Å². The Morgan fingerprint density at radius 2 is 2.00 bits per heavy atom. The summed E-state index contributed by atoms with van der Waals surface area (Å²) in [7, 11) is 0. The predicted octanol–water partition coefficient (Wildman–Crippen LogP) is 4.22. The molecule has 2 rings (SSSR count). The second-order valence-electron chi connectivity index (χ2n) is 5.74. The van der Waals surface area contributed by atoms with Crippen molar-refractivity contribution in [1.29, 1.82) is 0 Å². The van der Waals surface area contributed by atoms with Gasteiger partial charge in [-0.3, -0.25) is 0 Å². The Morgan fingerprint density at radius 1 is 1.25 bits per heavy atom. The molecule has 0 atom stereocenters. The SMILES string of the molecule is CCCn1c(C2CCCCC2)nc(CCSCC)c1N. The van der Waals surface area contributed by atoms with Gasteiger partial charge in [0.1, 0.15) is 11.6 Å². The topological polar surface area (TPSA) is 43.8 Å². The first-order chi connectivity index (χ1) is 9.77. The Kier molecular flexibility index (Phi) is 6.27. The molecule has 2 N–H and O–H groups in total. The van der Waals surface area contributed by atoms with Crippen molar-refractivity contribution in [3.63, 3.8) is 0 Å². The van der Waals surface area contributed by atoms with Gasteiger partial charge in [0.15, 0.2) is 0 Å². The quantitative estimate of drug-likeness (QED) is 0.766. The minimum Gasteiger partial charge on any atom is -0.384 e. The van der Waals surface area contributed by atoms with Crippen LogP contribution < -0.4 is 5.73 Å². The summed E-state index contributed by atoms with van der Waals surface area (Å²) in [6.07, 6.45) is 8.83. The zero-order valence-corrected chi connectivity index (χ0v) is 13.8. The Hall–Kier alpha value is -0.640. The van der Waals surface area contributed by atoms with Crippen LogP contribution in [0.15, 0.2) is 0 Å². The number of thioether (sulfide) groups is 1. The maximum Gasteiger partial charge on any atom is 0.126 e. The maximum absolute atomic E-state index is 6.37. The van der Waals surface area contributed by atoms with Crippen molar-refractivity contribution in [2.75, 3.05) is 17.2 Å². The number of rotatable bonds is 7. The lowest BCUT2D eigenvalue weighted by molar-refractivity contribution is 0.415. The summed E-state index contributed by atoms with van der Waals surface area (Å²) in [5.74, 6) is 5.16. The molecule has 114 valence electrons. The van der Waals surface area contributed by atoms with Crippen LogP contribution in [0.2, 0.25) is 0 Å². The maximum atomic E-state index is 6.37. The van der Waals surface area contributed by atoms with Crippen molar-refractivity contribution in [2.24, 2.45) is 0 Å². The van der Waals surface area contributed by atoms with Gasteiger partial charge in [0.25, 0.3) is 0 Å². The van der Waals surface area contributed by atoms with Gasteiger partial charge in [-0.1, -0.05) is 33.1 Å². The number of hydrogen-bond donors (Lipinski definition) is 1. The lowest BCUT2D eigenvalue weighted by Gasteiger charge is -2.22. The first-order valence-corrected chi connectivity index (χ1v) is 9.35. The fourth-order valence-electron chi connectivity index (χ4n) is 3.16. The van der Waals surface area contributed by atoms with Crippen LogP contribution in [-0.4, -0.2) is 21.1 Å². The molecule has 0 spiro atoms. The molecule has 0 aromatic carbocycles. The van der Waals surface area contributed by atoms with Crippen LogP contribution in [0.4, 0.5) is 5.82 Å². The number of aromatic nitrogens is 2. The van der Waals surface area contributed by atoms with E-state index in [9.17, 15) is 0 Å². The first kappa shape index (κ1) is 15.7. The van der Waals surface area contributed by atoms with Gasteiger partial charge in [0.05, 0.1) is 5.69 Å². The van der Waals surface area contributed by atoms with Crippen molar-refractivity contribution >= 4 is 17.6 Å². The predicted molar refractivity (Wildman–Crippen MR) is 89.5 cm³/mol. The average Bonchev–Trinajstić information content (AvgIpc) is 2.78. The van der Waals surface area contributed by atoms with Crippen LogP contribution in [0.1, 0.15) is 69.8 Å². The van der Waals surface area contributed by atoms with E-state index in [1.807, 2.05) is 11.8 Å². The number of anilines is 1. The van der Waals surface area contributed by atoms with Crippen molar-refractivity contribution < 1.29 is 0 Å². The van der Waals surface area contributed by atoms with Crippen LogP contribution in [0.5, 0.6) is 0 Å². The zero-order valence-electron chi connectivity index (χ0n) is 13.0. The van der Waals surface area contributed by atoms with Crippen LogP contribution in [-0.2, 0) is 13.0 Å². The van der Waals surface area contributed by atoms with Crippen molar-refractivity contribution in [3.8, 4) is 0 Å². The highest BCUT2D eigenvalue weighted by molar-refractivity contribution is 7.99. The summed E-state index contributed by atoms with van der Waals surface area (Å²) >= 11 is 1.97. The highest BCUT2D eigenvalue weighted by atomic mass is 32.2. The summed E-state index contributed by atoms with van der Waals surface area (Å²) in [5, 5.41) is 0. The van der Waals surface area contributed by atoms with E-state index in [0.717, 1.165) is 36.7 Å². The molecule has 0 unspecified atom stereocenters. The molecule has 4 heteroatoms. The molecule has 0 amide bonds. The van der Waals surface area contributed by atoms with E-state index in [0.29, 0.717) is 5.92 Å². The molecule has 0 saturated heterocycles. The molecule has 1 fully saturated rings. The van der Waals surface area contributed by atoms with Gasteiger partial charge >= 0.3 is 0 Å². The van der Waals surface area contributed by atoms with E-state index in [2.05, 4.69) is 18.4 Å². The fourth-order valence-corrected chi connectivity index (χ4v) is 3.79. The van der Waals surface area contributed by atoms with E-state index in [1.165, 1.54) is 43.7 Å². The number of hydrogen-bond acceptors (Lipinski definition) is 3. The van der Waals surface area contributed by atoms with E-state index in [-0.39, 0.29) is 0 Å². The number of imidazole rings is 1. The Labute approximate surface area is 127 Å². The Bertz CT molecular complexity index is 408. The van der Waals surface area contributed by atoms with E-state index in [1.54, 1.807) is 0 Å². The summed E-state index contributed by atoms with van der Waals surface area (Å²) in [5.41, 5.74) is 7.51. The minimum absolute atomic E-state index is 0.644. The summed E-state index contributed by atoms with van der Waals surface area (Å²) < 4.78 is 2.31. The molecule has 1 aliphatic carbocycles. The smallest absolute Gasteiger partial charge is 0.126 e. The molecule has 20 heavy (non-hydrogen) atoms. The molecule has 0 bridgehead atoms. The van der Waals surface area contributed by atoms with Gasteiger partial charge in [-0.15, -0.1) is 0 Å². The normalized spacial score (nSPS) is 16.7. The van der Waals surface area contributed by atoms with Gasteiger partial charge < -0.3 is 10.3 Å². The van der Waals surface area contributed by atoms with Crippen LogP contribution in [0, 0.1) is 0 Å². The number of aryl methyl sites for hydroxylation is 1. The number of nitrogen functional groups attached to an aromatic ring is 1. The number of nitrogens with two attached hydrogens (primary N) is 1. The molecule has 3 nitrogen and oxygen atoms in total. The molecule has 1 heterocycles. The lowest BCUT2D eigenvalue weighted by Crippen LogP contribution is -2.13. The van der Waals surface area contributed by atoms with E-state index >= 15 is 0 Å². The minimum atomic E-state index is 0.644. The first-order valence-electron chi connectivity index (χ1n) is 8.20. The third-order valence-electron chi connectivity index (χ3n) is 4.22. The highest BCUT2D eigenvalue weighted by Gasteiger charge is 2.23. The van der Waals surface area contributed by atoms with Crippen molar-refractivity contribution in [3.05, 3.63) is 11.5 Å². The molecule has 1 aromatic rings. The fraction of sp³-hybridized carbons (Fsp3) is 0.812. The van der Waals surface area contributed by atoms with Gasteiger partial charge in [0, 0.05) is 18.9 Å². The molecule has 1 aromatic heterocycles. The Morgan fingerprint density at radius 3 is 2.65 bits per heavy atom. The Balaban J connectivity index is 2.17. The monoisotopic (exact) mass is 295 g/mol. The van der Waals surface area contributed by atoms with Gasteiger partial charge in [0.2, 0.25) is 0 Å². The molecule has 0 radical (unpaired) electrons. The largest absolute Gasteiger partial charge is 0.384 e.